The van der Waals surface area contributed by atoms with E-state index in [9.17, 15) is 0 Å². The van der Waals surface area contributed by atoms with Crippen LogP contribution in [-0.2, 0) is 0 Å². The Morgan fingerprint density at radius 1 is 0.481 bits per heavy atom. The number of fused-ring (bicyclic) bond motifs is 7. The molecule has 10 rings (SSSR count). The van der Waals surface area contributed by atoms with Crippen LogP contribution >= 0.6 is 0 Å². The van der Waals surface area contributed by atoms with Gasteiger partial charge in [-0.25, -0.2) is 0 Å². The summed E-state index contributed by atoms with van der Waals surface area (Å²) in [5, 5.41) is 11.5. The Morgan fingerprint density at radius 2 is 1.08 bits per heavy atom. The van der Waals surface area contributed by atoms with E-state index in [1.54, 1.807) is 0 Å². The number of hydrogen-bond acceptors (Lipinski definition) is 2. The quantitative estimate of drug-likeness (QED) is 0.197. The molecule has 0 radical (unpaired) electrons. The summed E-state index contributed by atoms with van der Waals surface area (Å²) in [6.45, 7) is 0. The Morgan fingerprint density at radius 3 is 1.81 bits per heavy atom. The van der Waals surface area contributed by atoms with Crippen LogP contribution in [-0.4, -0.2) is 16.5 Å². The van der Waals surface area contributed by atoms with E-state index in [2.05, 4.69) is 210 Å². The number of nitrogens with one attached hydrogen (secondary N) is 1. The van der Waals surface area contributed by atoms with Crippen molar-refractivity contribution >= 4 is 49.0 Å². The van der Waals surface area contributed by atoms with Gasteiger partial charge >= 0.3 is 0 Å². The van der Waals surface area contributed by atoms with Crippen LogP contribution in [0.15, 0.2) is 188 Å². The Hall–Kier alpha value is -6.42. The number of nitrogens with zero attached hydrogens (tertiary/aromatic N) is 2. The Bertz CT molecular complexity index is 2760. The molecule has 2 unspecified atom stereocenters. The summed E-state index contributed by atoms with van der Waals surface area (Å²) in [6.07, 6.45) is 2.40. The predicted octanol–water partition coefficient (Wildman–Crippen LogP) is 12.1. The maximum absolute atomic E-state index is 3.84. The molecule has 0 saturated carbocycles. The molecule has 0 fully saturated rings. The first-order valence-corrected chi connectivity index (χ1v) is 18.1. The highest BCUT2D eigenvalue weighted by Crippen LogP contribution is 2.44. The number of rotatable bonds is 5. The van der Waals surface area contributed by atoms with Crippen LogP contribution in [0.5, 0.6) is 0 Å². The zero-order chi connectivity index (χ0) is 34.6. The van der Waals surface area contributed by atoms with Gasteiger partial charge in [-0.15, -0.1) is 0 Å². The van der Waals surface area contributed by atoms with Crippen LogP contribution in [0.4, 0.5) is 0 Å². The molecule has 1 aromatic heterocycles. The van der Waals surface area contributed by atoms with E-state index in [0.717, 1.165) is 11.4 Å². The van der Waals surface area contributed by atoms with E-state index in [0.29, 0.717) is 0 Å². The average molecular weight is 668 g/mol. The van der Waals surface area contributed by atoms with Gasteiger partial charge in [0.1, 0.15) is 6.17 Å². The van der Waals surface area contributed by atoms with Crippen molar-refractivity contribution in [2.24, 2.45) is 0 Å². The molecule has 1 N–H and O–H groups in total. The lowest BCUT2D eigenvalue weighted by molar-refractivity contribution is 0.176. The third-order valence-electron chi connectivity index (χ3n) is 10.9. The molecule has 248 valence electrons. The van der Waals surface area contributed by atoms with Crippen molar-refractivity contribution in [1.82, 2.24) is 14.8 Å². The first kappa shape index (κ1) is 30.4. The SMILES string of the molecule is CN1C(c2ccc(-n3c4ccc5ccccc5c4c4c5ccccc5c(-c5ccccc5)cc43)cc2)C=C(c2ccccc2)NC1c1ccccc1. The van der Waals surface area contributed by atoms with E-state index in [1.165, 1.54) is 71.2 Å². The molecule has 3 heteroatoms. The van der Waals surface area contributed by atoms with Crippen LogP contribution < -0.4 is 5.32 Å². The van der Waals surface area contributed by atoms with Gasteiger partial charge in [-0.05, 0) is 86.8 Å². The summed E-state index contributed by atoms with van der Waals surface area (Å²) in [5.74, 6) is 0. The van der Waals surface area contributed by atoms with E-state index in [-0.39, 0.29) is 12.2 Å². The molecule has 8 aromatic carbocycles. The standard InChI is InChI=1S/C49H37N3/c1-51-45(32-43(35-18-7-3-8-19-35)50-49(51)37-20-9-4-10-21-37)36-25-28-38(29-26-36)52-44-30-27-34-17-11-12-22-39(34)47(44)48-41-24-14-13-23-40(41)42(31-46(48)52)33-15-5-2-6-16-33/h2-32,45,49-50H,1H3. The molecule has 52 heavy (non-hydrogen) atoms. The van der Waals surface area contributed by atoms with Crippen LogP contribution in [0.1, 0.15) is 28.9 Å². The molecular weight excluding hydrogens is 631 g/mol. The zero-order valence-electron chi connectivity index (χ0n) is 28.9. The Kier molecular flexibility index (Phi) is 7.26. The molecule has 1 aliphatic rings. The molecule has 0 aliphatic carbocycles. The van der Waals surface area contributed by atoms with E-state index >= 15 is 0 Å². The Labute approximate surface area is 303 Å². The Balaban J connectivity index is 1.18. The number of aromatic nitrogens is 1. The highest BCUT2D eigenvalue weighted by Gasteiger charge is 2.30. The maximum atomic E-state index is 3.84. The second kappa shape index (κ2) is 12.4. The summed E-state index contributed by atoms with van der Waals surface area (Å²) in [6, 6.07) is 66.2. The summed E-state index contributed by atoms with van der Waals surface area (Å²) in [7, 11) is 2.22. The summed E-state index contributed by atoms with van der Waals surface area (Å²) in [5.41, 5.74) is 10.9. The van der Waals surface area contributed by atoms with Gasteiger partial charge in [0.25, 0.3) is 0 Å². The van der Waals surface area contributed by atoms with Gasteiger partial charge in [-0.2, -0.15) is 0 Å². The van der Waals surface area contributed by atoms with Crippen molar-refractivity contribution in [3.05, 3.63) is 205 Å². The fraction of sp³-hybridized carbons (Fsp3) is 0.0612. The van der Waals surface area contributed by atoms with Crippen molar-refractivity contribution < 1.29 is 0 Å². The molecule has 0 spiro atoms. The van der Waals surface area contributed by atoms with Crippen molar-refractivity contribution in [3.8, 4) is 16.8 Å². The molecule has 3 nitrogen and oxygen atoms in total. The second-order valence-corrected chi connectivity index (χ2v) is 13.9. The van der Waals surface area contributed by atoms with Crippen molar-refractivity contribution in [1.29, 1.82) is 0 Å². The van der Waals surface area contributed by atoms with Crippen LogP contribution in [0.25, 0.3) is 65.9 Å². The third kappa shape index (κ3) is 4.93. The fourth-order valence-electron chi connectivity index (χ4n) is 8.41. The van der Waals surface area contributed by atoms with Crippen molar-refractivity contribution in [3.63, 3.8) is 0 Å². The summed E-state index contributed by atoms with van der Waals surface area (Å²) >= 11 is 0. The largest absolute Gasteiger partial charge is 0.366 e. The first-order valence-electron chi connectivity index (χ1n) is 18.1. The smallest absolute Gasteiger partial charge is 0.106 e. The topological polar surface area (TPSA) is 20.2 Å². The molecular formula is C49H37N3. The average Bonchev–Trinajstić information content (AvgIpc) is 3.57. The zero-order valence-corrected chi connectivity index (χ0v) is 28.9. The lowest BCUT2D eigenvalue weighted by atomic mass is 9.94. The maximum Gasteiger partial charge on any atom is 0.106 e. The minimum absolute atomic E-state index is 0.0291. The molecule has 0 amide bonds. The molecule has 9 aromatic rings. The van der Waals surface area contributed by atoms with Gasteiger partial charge in [-0.3, -0.25) is 4.90 Å². The molecule has 0 bridgehead atoms. The molecule has 1 aliphatic heterocycles. The second-order valence-electron chi connectivity index (χ2n) is 13.9. The van der Waals surface area contributed by atoms with Crippen molar-refractivity contribution in [2.75, 3.05) is 7.05 Å². The highest BCUT2D eigenvalue weighted by atomic mass is 15.3. The number of hydrogen-bond donors (Lipinski definition) is 1. The molecule has 2 atom stereocenters. The molecule has 2 heterocycles. The lowest BCUT2D eigenvalue weighted by Crippen LogP contribution is -2.41. The predicted molar refractivity (Wildman–Crippen MR) is 218 cm³/mol. The van der Waals surface area contributed by atoms with E-state index in [4.69, 9.17) is 0 Å². The van der Waals surface area contributed by atoms with E-state index < -0.39 is 0 Å². The summed E-state index contributed by atoms with van der Waals surface area (Å²) < 4.78 is 2.48. The van der Waals surface area contributed by atoms with Gasteiger partial charge < -0.3 is 9.88 Å². The van der Waals surface area contributed by atoms with E-state index in [1.807, 2.05) is 0 Å². The summed E-state index contributed by atoms with van der Waals surface area (Å²) in [4.78, 5) is 2.43. The monoisotopic (exact) mass is 667 g/mol. The lowest BCUT2D eigenvalue weighted by Gasteiger charge is -2.40. The van der Waals surface area contributed by atoms with Gasteiger partial charge in [0, 0.05) is 22.2 Å². The van der Waals surface area contributed by atoms with Crippen LogP contribution in [0, 0.1) is 0 Å². The minimum Gasteiger partial charge on any atom is -0.366 e. The van der Waals surface area contributed by atoms with Gasteiger partial charge in [0.2, 0.25) is 0 Å². The van der Waals surface area contributed by atoms with Gasteiger partial charge in [0.15, 0.2) is 0 Å². The fourth-order valence-corrected chi connectivity index (χ4v) is 8.41. The van der Waals surface area contributed by atoms with Crippen LogP contribution in [0.2, 0.25) is 0 Å². The third-order valence-corrected chi connectivity index (χ3v) is 10.9. The molecule has 0 saturated heterocycles. The minimum atomic E-state index is 0.0291. The van der Waals surface area contributed by atoms with Crippen molar-refractivity contribution in [2.45, 2.75) is 12.2 Å². The number of likely N-dealkylation sites (N-methyl/N-ethyl adjacent to an activating group) is 1. The first-order chi connectivity index (χ1) is 25.7. The normalized spacial score (nSPS) is 16.4. The van der Waals surface area contributed by atoms with Crippen LogP contribution in [0.3, 0.4) is 0 Å². The van der Waals surface area contributed by atoms with Gasteiger partial charge in [-0.1, -0.05) is 158 Å². The highest BCUT2D eigenvalue weighted by molar-refractivity contribution is 6.30. The van der Waals surface area contributed by atoms with Gasteiger partial charge in [0.05, 0.1) is 17.1 Å². The number of benzene rings is 8.